The molecule has 0 aliphatic carbocycles. The summed E-state index contributed by atoms with van der Waals surface area (Å²) in [4.78, 5) is 11.5. The maximum Gasteiger partial charge on any atom is 0.254 e. The number of rotatable bonds is 3. The Morgan fingerprint density at radius 1 is 1.60 bits per heavy atom. The molecular weight excluding hydrogens is 197 g/mol. The molecule has 0 unspecified atom stereocenters. The summed E-state index contributed by atoms with van der Waals surface area (Å²) < 4.78 is 13.5. The zero-order valence-electron chi connectivity index (χ0n) is 8.75. The van der Waals surface area contributed by atoms with Crippen LogP contribution in [-0.4, -0.2) is 23.7 Å². The molecule has 1 rings (SSSR count). The van der Waals surface area contributed by atoms with E-state index < -0.39 is 17.8 Å². The number of hydrogen-bond acceptors (Lipinski definition) is 2. The van der Waals surface area contributed by atoms with Gasteiger partial charge in [-0.25, -0.2) is 4.39 Å². The van der Waals surface area contributed by atoms with E-state index in [0.717, 1.165) is 0 Å². The molecule has 0 spiro atoms. The maximum atomic E-state index is 13.5. The molecule has 4 heteroatoms. The van der Waals surface area contributed by atoms with E-state index in [1.54, 1.807) is 26.0 Å². The fraction of sp³-hybridized carbons (Fsp3) is 0.364. The van der Waals surface area contributed by atoms with Crippen molar-refractivity contribution in [1.29, 1.82) is 0 Å². The first-order valence-electron chi connectivity index (χ1n) is 4.73. The van der Waals surface area contributed by atoms with Crippen LogP contribution in [0.5, 0.6) is 0 Å². The van der Waals surface area contributed by atoms with Crippen LogP contribution in [0.2, 0.25) is 0 Å². The number of amides is 1. The number of aliphatic hydroxyl groups is 1. The van der Waals surface area contributed by atoms with Gasteiger partial charge in [-0.3, -0.25) is 4.79 Å². The Morgan fingerprint density at radius 2 is 2.27 bits per heavy atom. The molecule has 0 aliphatic heterocycles. The molecular formula is C11H14FNO2. The van der Waals surface area contributed by atoms with Gasteiger partial charge in [0.05, 0.1) is 11.7 Å². The number of benzene rings is 1. The van der Waals surface area contributed by atoms with E-state index >= 15 is 0 Å². The van der Waals surface area contributed by atoms with E-state index in [-0.39, 0.29) is 12.1 Å². The Balaban J connectivity index is 2.78. The predicted molar refractivity (Wildman–Crippen MR) is 55.2 cm³/mol. The van der Waals surface area contributed by atoms with Crippen LogP contribution in [0.3, 0.4) is 0 Å². The van der Waals surface area contributed by atoms with Gasteiger partial charge in [0.15, 0.2) is 0 Å². The second-order valence-corrected chi connectivity index (χ2v) is 3.50. The lowest BCUT2D eigenvalue weighted by molar-refractivity contribution is 0.0920. The SMILES string of the molecule is Cc1cccc(C(=O)NC[C@H](C)O)c1F. The van der Waals surface area contributed by atoms with Gasteiger partial charge in [0.1, 0.15) is 5.82 Å². The van der Waals surface area contributed by atoms with Crippen molar-refractivity contribution < 1.29 is 14.3 Å². The summed E-state index contributed by atoms with van der Waals surface area (Å²) in [6.45, 7) is 3.26. The summed E-state index contributed by atoms with van der Waals surface area (Å²) in [5, 5.41) is 11.4. The molecule has 0 aromatic heterocycles. The lowest BCUT2D eigenvalue weighted by Gasteiger charge is -2.08. The normalized spacial score (nSPS) is 12.3. The molecule has 0 saturated carbocycles. The van der Waals surface area contributed by atoms with Crippen LogP contribution in [0.15, 0.2) is 18.2 Å². The Bertz CT molecular complexity index is 364. The third-order valence-corrected chi connectivity index (χ3v) is 1.99. The molecule has 82 valence electrons. The summed E-state index contributed by atoms with van der Waals surface area (Å²) in [6.07, 6.45) is -0.637. The second kappa shape index (κ2) is 4.89. The van der Waals surface area contributed by atoms with E-state index in [2.05, 4.69) is 5.32 Å². The highest BCUT2D eigenvalue weighted by atomic mass is 19.1. The molecule has 0 bridgehead atoms. The van der Waals surface area contributed by atoms with Crippen LogP contribution in [0.25, 0.3) is 0 Å². The number of carbonyl (C=O) groups is 1. The Hall–Kier alpha value is -1.42. The lowest BCUT2D eigenvalue weighted by Crippen LogP contribution is -2.31. The van der Waals surface area contributed by atoms with Gasteiger partial charge in [-0.1, -0.05) is 12.1 Å². The van der Waals surface area contributed by atoms with Crippen molar-refractivity contribution in [1.82, 2.24) is 5.32 Å². The number of aliphatic hydroxyl groups excluding tert-OH is 1. The first-order chi connectivity index (χ1) is 7.02. The average Bonchev–Trinajstić information content (AvgIpc) is 2.18. The average molecular weight is 211 g/mol. The van der Waals surface area contributed by atoms with Crippen molar-refractivity contribution >= 4 is 5.91 Å². The van der Waals surface area contributed by atoms with Crippen molar-refractivity contribution in [3.63, 3.8) is 0 Å². The zero-order valence-corrected chi connectivity index (χ0v) is 8.75. The molecule has 1 amide bonds. The van der Waals surface area contributed by atoms with Crippen LogP contribution in [0.4, 0.5) is 4.39 Å². The summed E-state index contributed by atoms with van der Waals surface area (Å²) in [7, 11) is 0. The highest BCUT2D eigenvalue weighted by Crippen LogP contribution is 2.11. The van der Waals surface area contributed by atoms with Gasteiger partial charge in [0.25, 0.3) is 5.91 Å². The number of aryl methyl sites for hydroxylation is 1. The lowest BCUT2D eigenvalue weighted by atomic mass is 10.1. The highest BCUT2D eigenvalue weighted by molar-refractivity contribution is 5.94. The molecule has 1 aromatic rings. The monoisotopic (exact) mass is 211 g/mol. The van der Waals surface area contributed by atoms with Crippen LogP contribution in [0, 0.1) is 12.7 Å². The topological polar surface area (TPSA) is 49.3 Å². The molecule has 0 saturated heterocycles. The molecule has 2 N–H and O–H groups in total. The second-order valence-electron chi connectivity index (χ2n) is 3.50. The van der Waals surface area contributed by atoms with Crippen LogP contribution in [0.1, 0.15) is 22.8 Å². The number of carbonyl (C=O) groups excluding carboxylic acids is 1. The van der Waals surface area contributed by atoms with E-state index in [1.165, 1.54) is 6.07 Å². The van der Waals surface area contributed by atoms with E-state index in [9.17, 15) is 9.18 Å². The number of nitrogens with one attached hydrogen (secondary N) is 1. The van der Waals surface area contributed by atoms with Gasteiger partial charge in [-0.05, 0) is 25.5 Å². The van der Waals surface area contributed by atoms with Crippen molar-refractivity contribution in [2.75, 3.05) is 6.54 Å². The fourth-order valence-electron chi connectivity index (χ4n) is 1.16. The van der Waals surface area contributed by atoms with Gasteiger partial charge in [-0.15, -0.1) is 0 Å². The summed E-state index contributed by atoms with van der Waals surface area (Å²) >= 11 is 0. The third-order valence-electron chi connectivity index (χ3n) is 1.99. The van der Waals surface area contributed by atoms with Crippen LogP contribution >= 0.6 is 0 Å². The number of hydrogen-bond donors (Lipinski definition) is 2. The summed E-state index contributed by atoms with van der Waals surface area (Å²) in [6, 6.07) is 4.64. The highest BCUT2D eigenvalue weighted by Gasteiger charge is 2.12. The fourth-order valence-corrected chi connectivity index (χ4v) is 1.16. The zero-order chi connectivity index (χ0) is 11.4. The molecule has 0 fully saturated rings. The standard InChI is InChI=1S/C11H14FNO2/c1-7-4-3-5-9(10(7)12)11(15)13-6-8(2)14/h3-5,8,14H,6H2,1-2H3,(H,13,15)/t8-/m0/s1. The van der Waals surface area contributed by atoms with Gasteiger partial charge >= 0.3 is 0 Å². The largest absolute Gasteiger partial charge is 0.392 e. The minimum absolute atomic E-state index is 0.00986. The molecule has 15 heavy (non-hydrogen) atoms. The van der Waals surface area contributed by atoms with Gasteiger partial charge in [0.2, 0.25) is 0 Å². The van der Waals surface area contributed by atoms with E-state index in [0.29, 0.717) is 5.56 Å². The van der Waals surface area contributed by atoms with Gasteiger partial charge in [-0.2, -0.15) is 0 Å². The van der Waals surface area contributed by atoms with Crippen LogP contribution in [-0.2, 0) is 0 Å². The predicted octanol–water partition coefficient (Wildman–Crippen LogP) is 1.24. The van der Waals surface area contributed by atoms with Gasteiger partial charge in [0, 0.05) is 6.54 Å². The molecule has 3 nitrogen and oxygen atoms in total. The quantitative estimate of drug-likeness (QED) is 0.790. The molecule has 1 atom stereocenters. The Labute approximate surface area is 87.9 Å². The van der Waals surface area contributed by atoms with E-state index in [1.807, 2.05) is 0 Å². The smallest absolute Gasteiger partial charge is 0.254 e. The minimum Gasteiger partial charge on any atom is -0.392 e. The summed E-state index contributed by atoms with van der Waals surface area (Å²) in [5.74, 6) is -1.02. The van der Waals surface area contributed by atoms with Crippen molar-refractivity contribution in [2.45, 2.75) is 20.0 Å². The summed E-state index contributed by atoms with van der Waals surface area (Å²) in [5.41, 5.74) is 0.440. The van der Waals surface area contributed by atoms with Gasteiger partial charge < -0.3 is 10.4 Å². The van der Waals surface area contributed by atoms with Crippen molar-refractivity contribution in [3.8, 4) is 0 Å². The Morgan fingerprint density at radius 3 is 2.87 bits per heavy atom. The molecule has 0 heterocycles. The first kappa shape index (κ1) is 11.7. The van der Waals surface area contributed by atoms with Crippen molar-refractivity contribution in [3.05, 3.63) is 35.1 Å². The minimum atomic E-state index is -0.637. The van der Waals surface area contributed by atoms with Crippen molar-refractivity contribution in [2.24, 2.45) is 0 Å². The van der Waals surface area contributed by atoms with E-state index in [4.69, 9.17) is 5.11 Å². The van der Waals surface area contributed by atoms with Crippen LogP contribution < -0.4 is 5.32 Å². The molecule has 1 aromatic carbocycles. The maximum absolute atomic E-state index is 13.5. The molecule has 0 radical (unpaired) electrons. The number of halogens is 1. The first-order valence-corrected chi connectivity index (χ1v) is 4.73. The molecule has 0 aliphatic rings. The third kappa shape index (κ3) is 3.02. The Kier molecular flexibility index (Phi) is 3.80.